The van der Waals surface area contributed by atoms with E-state index in [1.807, 2.05) is 30.3 Å². The van der Waals surface area contributed by atoms with Gasteiger partial charge >= 0.3 is 33.4 Å². The van der Waals surface area contributed by atoms with E-state index in [2.05, 4.69) is 0 Å². The Hall–Kier alpha value is -4.00. The largest absolute Gasteiger partial charge is 0.460 e. The molecule has 0 spiro atoms. The van der Waals surface area contributed by atoms with Gasteiger partial charge in [-0.1, -0.05) is 90.6 Å². The van der Waals surface area contributed by atoms with Crippen molar-refractivity contribution in [2.24, 2.45) is 0 Å². The van der Waals surface area contributed by atoms with Crippen molar-refractivity contribution in [2.45, 2.75) is 53.5 Å². The van der Waals surface area contributed by atoms with Gasteiger partial charge in [-0.3, -0.25) is 0 Å². The Morgan fingerprint density at radius 3 is 1.26 bits per heavy atom. The maximum absolute atomic E-state index is 15.2. The van der Waals surface area contributed by atoms with Gasteiger partial charge in [0.15, 0.2) is 0 Å². The summed E-state index contributed by atoms with van der Waals surface area (Å²) in [4.78, 5) is 0.638. The summed E-state index contributed by atoms with van der Waals surface area (Å²) in [6, 6.07) is 34.8. The Kier molecular flexibility index (Phi) is 11.6. The molecule has 5 rings (SSSR count). The maximum Gasteiger partial charge on any atom is 0.460 e. The van der Waals surface area contributed by atoms with E-state index in [-0.39, 0.29) is 14.7 Å². The zero-order valence-electron chi connectivity index (χ0n) is 27.9. The lowest BCUT2D eigenvalue weighted by molar-refractivity contribution is -0.382. The molecule has 0 amide bonds. The van der Waals surface area contributed by atoms with Crippen molar-refractivity contribution in [1.29, 1.82) is 0 Å². The van der Waals surface area contributed by atoms with E-state index in [0.29, 0.717) is 15.4 Å². The third-order valence-electron chi connectivity index (χ3n) is 8.13. The molecule has 5 nitrogen and oxygen atoms in total. The van der Waals surface area contributed by atoms with Crippen molar-refractivity contribution in [1.82, 2.24) is 0 Å². The van der Waals surface area contributed by atoms with E-state index in [9.17, 15) is 39.2 Å². The maximum atomic E-state index is 15.2. The average Bonchev–Trinajstić information content (AvgIpc) is 3.16. The number of benzene rings is 5. The predicted octanol–water partition coefficient (Wildman–Crippen LogP) is 11.3. The number of methoxy groups -OCH3 is 2. The zero-order chi connectivity index (χ0) is 39.6. The predicted molar refractivity (Wildman–Crippen MR) is 184 cm³/mol. The minimum atomic E-state index is -7.49. The van der Waals surface area contributed by atoms with Crippen LogP contribution in [-0.4, -0.2) is 45.9 Å². The highest BCUT2D eigenvalue weighted by molar-refractivity contribution is 8.33. The van der Waals surface area contributed by atoms with Crippen molar-refractivity contribution in [3.63, 3.8) is 0 Å². The smallest absolute Gasteiger partial charge is 0.346 e. The normalized spacial score (nSPS) is 13.8. The van der Waals surface area contributed by atoms with Crippen LogP contribution in [0.3, 0.4) is 0 Å². The summed E-state index contributed by atoms with van der Waals surface area (Å²) in [5, 5.41) is -7.08. The molecule has 0 bridgehead atoms. The Bertz CT molecular complexity index is 2080. The van der Waals surface area contributed by atoms with E-state index in [0.717, 1.165) is 5.56 Å². The van der Waals surface area contributed by atoms with E-state index < -0.39 is 49.5 Å². The first-order chi connectivity index (χ1) is 25.3. The van der Waals surface area contributed by atoms with Crippen LogP contribution in [0.4, 0.5) is 39.5 Å². The summed E-state index contributed by atoms with van der Waals surface area (Å²) in [6.07, 6.45) is -7.25. The Labute approximate surface area is 310 Å². The Balaban J connectivity index is 1.57. The lowest BCUT2D eigenvalue weighted by Crippen LogP contribution is -2.63. The third kappa shape index (κ3) is 7.12. The lowest BCUT2D eigenvalue weighted by Gasteiger charge is -2.41. The molecular weight excluding hydrogens is 792 g/mol. The number of hydrogen-bond acceptors (Lipinski definition) is 6. The van der Waals surface area contributed by atoms with Gasteiger partial charge in [-0.2, -0.15) is 47.9 Å². The summed E-state index contributed by atoms with van der Waals surface area (Å²) in [5.41, 5.74) is 1.39. The van der Waals surface area contributed by atoms with E-state index in [4.69, 9.17) is 13.1 Å². The second-order valence-electron chi connectivity index (χ2n) is 11.4. The minimum absolute atomic E-state index is 0.185. The van der Waals surface area contributed by atoms with Crippen LogP contribution in [0.1, 0.15) is 11.1 Å². The Morgan fingerprint density at radius 1 is 0.481 bits per heavy atom. The molecule has 0 aliphatic heterocycles. The molecule has 5 aromatic rings. The van der Waals surface area contributed by atoms with Crippen LogP contribution in [-0.2, 0) is 29.0 Å². The minimum Gasteiger partial charge on any atom is -0.346 e. The molecule has 0 saturated carbocycles. The molecule has 0 saturated heterocycles. The molecule has 0 aliphatic rings. The standard InChI is InChI=1S/C37H29F9O5S3/c1-49-33(50-2,26-12-6-3-7-13-26)27-18-20-28(21-19-27)52-29-22-24-32(25-23-29)53(30-14-8-4-9-15-30,31-16-10-5-11-17-31)51-54(47,48)37(45,46)35(40,41)34(38,39)36(42,43)44/h3-25H,1-2H3. The molecule has 0 fully saturated rings. The molecule has 5 aromatic carbocycles. The van der Waals surface area contributed by atoms with Crippen LogP contribution >= 0.6 is 22.1 Å². The van der Waals surface area contributed by atoms with Crippen LogP contribution in [0.5, 0.6) is 0 Å². The third-order valence-corrected chi connectivity index (χ3v) is 14.4. The SMILES string of the molecule is COC(OC)(c1ccccc1)c1ccc(Sc2ccc(S(OS(=O)(=O)C(F)(F)C(F)(F)C(F)(F)C(F)(F)F)(c3ccccc3)c3ccccc3)cc2)cc1. The fraction of sp³-hybridized carbons (Fsp3) is 0.189. The molecule has 0 atom stereocenters. The van der Waals surface area contributed by atoms with E-state index in [1.54, 1.807) is 24.3 Å². The summed E-state index contributed by atoms with van der Waals surface area (Å²) in [6.45, 7) is 0. The quantitative estimate of drug-likeness (QED) is 0.0821. The van der Waals surface area contributed by atoms with Crippen molar-refractivity contribution in [3.05, 3.63) is 151 Å². The summed E-state index contributed by atoms with van der Waals surface area (Å²) < 4.78 is 169. The molecule has 0 N–H and O–H groups in total. The van der Waals surface area contributed by atoms with Gasteiger partial charge in [0.2, 0.25) is 5.79 Å². The molecule has 17 heteroatoms. The Morgan fingerprint density at radius 2 is 0.852 bits per heavy atom. The van der Waals surface area contributed by atoms with Gasteiger partial charge in [0.25, 0.3) is 0 Å². The molecule has 0 heterocycles. The van der Waals surface area contributed by atoms with Crippen LogP contribution in [0.2, 0.25) is 0 Å². The topological polar surface area (TPSA) is 61.8 Å². The number of alkyl halides is 9. The van der Waals surface area contributed by atoms with Crippen molar-refractivity contribution in [3.8, 4) is 0 Å². The number of ether oxygens (including phenoxy) is 2. The van der Waals surface area contributed by atoms with Gasteiger partial charge in [0, 0.05) is 49.8 Å². The fourth-order valence-corrected chi connectivity index (χ4v) is 11.4. The molecule has 0 aliphatic carbocycles. The summed E-state index contributed by atoms with van der Waals surface area (Å²) in [5.74, 6) is -16.2. The molecule has 54 heavy (non-hydrogen) atoms. The van der Waals surface area contributed by atoms with Crippen molar-refractivity contribution >= 4 is 32.2 Å². The summed E-state index contributed by atoms with van der Waals surface area (Å²) in [7, 11) is -8.45. The average molecular weight is 821 g/mol. The van der Waals surface area contributed by atoms with Crippen LogP contribution < -0.4 is 0 Å². The summed E-state index contributed by atoms with van der Waals surface area (Å²) >= 11 is 1.21. The van der Waals surface area contributed by atoms with Crippen LogP contribution in [0.25, 0.3) is 0 Å². The highest BCUT2D eigenvalue weighted by Crippen LogP contribution is 2.71. The van der Waals surface area contributed by atoms with Gasteiger partial charge in [-0.15, -0.1) is 0 Å². The second-order valence-corrected chi connectivity index (χ2v) is 17.0. The van der Waals surface area contributed by atoms with Crippen LogP contribution in [0.15, 0.2) is 164 Å². The van der Waals surface area contributed by atoms with Crippen molar-refractivity contribution < 1.29 is 61.0 Å². The van der Waals surface area contributed by atoms with Gasteiger partial charge < -0.3 is 9.47 Å². The first kappa shape index (κ1) is 41.2. The van der Waals surface area contributed by atoms with Gasteiger partial charge in [0.1, 0.15) is 0 Å². The van der Waals surface area contributed by atoms with Crippen molar-refractivity contribution in [2.75, 3.05) is 14.2 Å². The molecule has 0 radical (unpaired) electrons. The molecule has 288 valence electrons. The fourth-order valence-electron chi connectivity index (χ4n) is 5.40. The van der Waals surface area contributed by atoms with E-state index in [1.165, 1.54) is 111 Å². The first-order valence-electron chi connectivity index (χ1n) is 15.4. The van der Waals surface area contributed by atoms with Crippen LogP contribution in [0, 0.1) is 0 Å². The lowest BCUT2D eigenvalue weighted by atomic mass is 9.97. The number of hydrogen-bond donors (Lipinski definition) is 0. The molecular formula is C37H29F9O5S3. The second kappa shape index (κ2) is 15.3. The van der Waals surface area contributed by atoms with E-state index >= 15 is 8.78 Å². The highest BCUT2D eigenvalue weighted by atomic mass is 32.3. The first-order valence-corrected chi connectivity index (χ1v) is 19.2. The monoisotopic (exact) mass is 820 g/mol. The van der Waals surface area contributed by atoms with Gasteiger partial charge in [0.05, 0.1) is 0 Å². The van der Waals surface area contributed by atoms with Gasteiger partial charge in [-0.25, -0.2) is 3.63 Å². The molecule has 0 unspecified atom stereocenters. The molecule has 0 aromatic heterocycles. The number of halogens is 9. The zero-order valence-corrected chi connectivity index (χ0v) is 30.4. The highest BCUT2D eigenvalue weighted by Gasteiger charge is 2.86. The van der Waals surface area contributed by atoms with Gasteiger partial charge in [-0.05, 0) is 71.0 Å². The number of rotatable bonds is 14.